The smallest absolute Gasteiger partial charge is 0.247 e. The summed E-state index contributed by atoms with van der Waals surface area (Å²) in [5.41, 5.74) is 0.930. The fourth-order valence-electron chi connectivity index (χ4n) is 2.05. The molecule has 5 heteroatoms. The van der Waals surface area contributed by atoms with E-state index in [4.69, 9.17) is 11.6 Å². The molecule has 0 aliphatic carbocycles. The number of alkyl halides is 1. The maximum atomic E-state index is 12.2. The van der Waals surface area contributed by atoms with Gasteiger partial charge in [0.25, 0.3) is 0 Å². The highest BCUT2D eigenvalue weighted by Gasteiger charge is 2.26. The lowest BCUT2D eigenvalue weighted by molar-refractivity contribution is -0.130. The quantitative estimate of drug-likeness (QED) is 0.775. The number of nitrogens with zero attached hydrogens (tertiary/aromatic N) is 2. The maximum Gasteiger partial charge on any atom is 0.247 e. The summed E-state index contributed by atoms with van der Waals surface area (Å²) in [4.78, 5) is 18.4. The molecule has 17 heavy (non-hydrogen) atoms. The van der Waals surface area contributed by atoms with Crippen molar-refractivity contribution in [3.63, 3.8) is 0 Å². The molecule has 1 aliphatic heterocycles. The van der Waals surface area contributed by atoms with Crippen molar-refractivity contribution in [1.82, 2.24) is 9.88 Å². The van der Waals surface area contributed by atoms with E-state index in [9.17, 15) is 4.79 Å². The minimum atomic E-state index is -0.605. The molecule has 1 aromatic heterocycles. The van der Waals surface area contributed by atoms with E-state index >= 15 is 0 Å². The topological polar surface area (TPSA) is 33.2 Å². The average molecular weight is 273 g/mol. The van der Waals surface area contributed by atoms with Gasteiger partial charge in [-0.05, 0) is 19.8 Å². The van der Waals surface area contributed by atoms with Crippen molar-refractivity contribution in [3.8, 4) is 0 Å². The zero-order chi connectivity index (χ0) is 12.3. The number of thiazole rings is 1. The number of aromatic nitrogens is 1. The molecule has 0 radical (unpaired) electrons. The van der Waals surface area contributed by atoms with Crippen LogP contribution in [0.3, 0.4) is 0 Å². The van der Waals surface area contributed by atoms with Crippen LogP contribution < -0.4 is 0 Å². The molecule has 1 aromatic rings. The molecule has 1 unspecified atom stereocenters. The Kier molecular flexibility index (Phi) is 4.40. The lowest BCUT2D eigenvalue weighted by Gasteiger charge is -2.22. The Balaban J connectivity index is 2.03. The molecular weight excluding hydrogens is 256 g/mol. The van der Waals surface area contributed by atoms with Crippen LogP contribution in [-0.2, 0) is 4.79 Å². The van der Waals surface area contributed by atoms with Gasteiger partial charge in [0.05, 0.1) is 0 Å². The van der Waals surface area contributed by atoms with E-state index in [0.29, 0.717) is 0 Å². The third kappa shape index (κ3) is 3.19. The first-order chi connectivity index (χ1) is 8.18. The van der Waals surface area contributed by atoms with Crippen LogP contribution in [0, 0.1) is 6.92 Å². The van der Waals surface area contributed by atoms with E-state index < -0.39 is 5.38 Å². The minimum absolute atomic E-state index is 0.0166. The second kappa shape index (κ2) is 5.83. The normalized spacial score (nSPS) is 18.8. The molecule has 0 aromatic carbocycles. The van der Waals surface area contributed by atoms with Crippen molar-refractivity contribution < 1.29 is 4.79 Å². The summed E-state index contributed by atoms with van der Waals surface area (Å²) in [6, 6.07) is 0. The number of hydrogen-bond acceptors (Lipinski definition) is 3. The van der Waals surface area contributed by atoms with Crippen LogP contribution in [0.4, 0.5) is 0 Å². The van der Waals surface area contributed by atoms with Crippen molar-refractivity contribution >= 4 is 28.8 Å². The summed E-state index contributed by atoms with van der Waals surface area (Å²) >= 11 is 7.68. The molecule has 0 bridgehead atoms. The van der Waals surface area contributed by atoms with Gasteiger partial charge in [-0.15, -0.1) is 22.9 Å². The van der Waals surface area contributed by atoms with Gasteiger partial charge in [-0.25, -0.2) is 4.98 Å². The number of likely N-dealkylation sites (tertiary alicyclic amines) is 1. The Morgan fingerprint density at radius 2 is 2.06 bits per heavy atom. The number of carbonyl (C=O) groups excluding carboxylic acids is 1. The van der Waals surface area contributed by atoms with Gasteiger partial charge in [0.1, 0.15) is 5.01 Å². The number of aryl methyl sites for hydroxylation is 1. The van der Waals surface area contributed by atoms with Crippen molar-refractivity contribution in [2.45, 2.75) is 38.0 Å². The van der Waals surface area contributed by atoms with Gasteiger partial charge in [-0.1, -0.05) is 12.8 Å². The van der Waals surface area contributed by atoms with Gasteiger partial charge in [-0.2, -0.15) is 0 Å². The van der Waals surface area contributed by atoms with Gasteiger partial charge >= 0.3 is 0 Å². The number of halogens is 1. The summed E-state index contributed by atoms with van der Waals surface area (Å²) < 4.78 is 0. The fraction of sp³-hybridized carbons (Fsp3) is 0.667. The zero-order valence-electron chi connectivity index (χ0n) is 9.99. The molecule has 1 fully saturated rings. The van der Waals surface area contributed by atoms with Crippen molar-refractivity contribution in [1.29, 1.82) is 0 Å². The number of hydrogen-bond donors (Lipinski definition) is 0. The van der Waals surface area contributed by atoms with Gasteiger partial charge < -0.3 is 4.90 Å². The molecule has 1 amide bonds. The summed E-state index contributed by atoms with van der Waals surface area (Å²) in [5, 5.41) is 2.05. The van der Waals surface area contributed by atoms with Gasteiger partial charge in [0, 0.05) is 24.2 Å². The minimum Gasteiger partial charge on any atom is -0.341 e. The van der Waals surface area contributed by atoms with Crippen LogP contribution in [-0.4, -0.2) is 28.9 Å². The fourth-order valence-corrected chi connectivity index (χ4v) is 3.15. The largest absolute Gasteiger partial charge is 0.341 e. The highest BCUT2D eigenvalue weighted by atomic mass is 35.5. The molecular formula is C12H17ClN2OS. The van der Waals surface area contributed by atoms with E-state index in [-0.39, 0.29) is 5.91 Å². The summed E-state index contributed by atoms with van der Waals surface area (Å²) in [6.45, 7) is 3.60. The van der Waals surface area contributed by atoms with Crippen molar-refractivity contribution in [2.24, 2.45) is 0 Å². The Bertz CT molecular complexity index is 386. The molecule has 2 rings (SSSR count). The maximum absolute atomic E-state index is 12.2. The van der Waals surface area contributed by atoms with Crippen LogP contribution in [0.1, 0.15) is 41.8 Å². The first kappa shape index (κ1) is 12.8. The lowest BCUT2D eigenvalue weighted by Crippen LogP contribution is -2.34. The Hall–Kier alpha value is -0.610. The van der Waals surface area contributed by atoms with Crippen LogP contribution in [0.15, 0.2) is 5.38 Å². The summed E-state index contributed by atoms with van der Waals surface area (Å²) in [6.07, 6.45) is 4.61. The zero-order valence-corrected chi connectivity index (χ0v) is 11.6. The number of amides is 1. The first-order valence-electron chi connectivity index (χ1n) is 6.03. The molecule has 1 atom stereocenters. The van der Waals surface area contributed by atoms with E-state index in [1.54, 1.807) is 0 Å². The average Bonchev–Trinajstić information content (AvgIpc) is 2.60. The second-order valence-corrected chi connectivity index (χ2v) is 5.76. The Labute approximate surface area is 111 Å². The SMILES string of the molecule is Cc1csc(C(Cl)C(=O)N2CCCCCC2)n1. The highest BCUT2D eigenvalue weighted by Crippen LogP contribution is 2.27. The predicted octanol–water partition coefficient (Wildman–Crippen LogP) is 3.13. The highest BCUT2D eigenvalue weighted by molar-refractivity contribution is 7.10. The third-order valence-electron chi connectivity index (χ3n) is 2.99. The van der Waals surface area contributed by atoms with Gasteiger partial charge in [-0.3, -0.25) is 4.79 Å². The first-order valence-corrected chi connectivity index (χ1v) is 7.35. The second-order valence-electron chi connectivity index (χ2n) is 4.43. The van der Waals surface area contributed by atoms with Crippen LogP contribution in [0.5, 0.6) is 0 Å². The number of rotatable bonds is 2. The molecule has 0 spiro atoms. The number of carbonyl (C=O) groups is 1. The van der Waals surface area contributed by atoms with Crippen molar-refractivity contribution in [3.05, 3.63) is 16.1 Å². The Morgan fingerprint density at radius 3 is 2.59 bits per heavy atom. The Morgan fingerprint density at radius 1 is 1.41 bits per heavy atom. The molecule has 94 valence electrons. The van der Waals surface area contributed by atoms with Crippen LogP contribution >= 0.6 is 22.9 Å². The van der Waals surface area contributed by atoms with E-state index in [1.807, 2.05) is 17.2 Å². The molecule has 0 N–H and O–H groups in total. The van der Waals surface area contributed by atoms with Gasteiger partial charge in [0.15, 0.2) is 5.38 Å². The van der Waals surface area contributed by atoms with E-state index in [0.717, 1.165) is 36.6 Å². The lowest BCUT2D eigenvalue weighted by atomic mass is 10.2. The van der Waals surface area contributed by atoms with E-state index in [1.165, 1.54) is 24.2 Å². The van der Waals surface area contributed by atoms with Gasteiger partial charge in [0.2, 0.25) is 5.91 Å². The van der Waals surface area contributed by atoms with Crippen LogP contribution in [0.2, 0.25) is 0 Å². The van der Waals surface area contributed by atoms with Crippen LogP contribution in [0.25, 0.3) is 0 Å². The molecule has 3 nitrogen and oxygen atoms in total. The third-order valence-corrected chi connectivity index (χ3v) is 4.54. The predicted molar refractivity (Wildman–Crippen MR) is 70.5 cm³/mol. The monoisotopic (exact) mass is 272 g/mol. The van der Waals surface area contributed by atoms with Crippen molar-refractivity contribution in [2.75, 3.05) is 13.1 Å². The standard InChI is InChI=1S/C12H17ClN2OS/c1-9-8-17-11(14-9)10(13)12(16)15-6-4-2-3-5-7-15/h8,10H,2-7H2,1H3. The summed E-state index contributed by atoms with van der Waals surface area (Å²) in [5.74, 6) is 0.0166. The summed E-state index contributed by atoms with van der Waals surface area (Å²) in [7, 11) is 0. The molecule has 1 aliphatic rings. The molecule has 0 saturated carbocycles. The van der Waals surface area contributed by atoms with E-state index in [2.05, 4.69) is 4.98 Å². The molecule has 1 saturated heterocycles. The molecule has 2 heterocycles.